The van der Waals surface area contributed by atoms with Gasteiger partial charge in [-0.1, -0.05) is 29.8 Å². The Balaban J connectivity index is 1.42. The number of ether oxygens (including phenoxy) is 1. The molecule has 5 heteroatoms. The third-order valence-corrected chi connectivity index (χ3v) is 5.61. The van der Waals surface area contributed by atoms with Crippen LogP contribution in [0.4, 0.5) is 0 Å². The van der Waals surface area contributed by atoms with Gasteiger partial charge in [-0.2, -0.15) is 0 Å². The number of carbonyl (C=O) groups is 2. The van der Waals surface area contributed by atoms with E-state index in [1.807, 2.05) is 23.1 Å². The molecule has 1 aromatic heterocycles. The first-order valence-corrected chi connectivity index (χ1v) is 9.28. The fraction of sp³-hybridized carbons (Fsp3) is 0.273. The molecule has 2 aliphatic heterocycles. The molecule has 0 radical (unpaired) electrons. The zero-order valence-electron chi connectivity index (χ0n) is 15.1. The van der Waals surface area contributed by atoms with Crippen molar-refractivity contribution in [3.05, 3.63) is 70.4 Å². The molecular weight excluding hydrogens is 340 g/mol. The number of nitrogens with zero attached hydrogens (tertiary/aromatic N) is 1. The lowest BCUT2D eigenvalue weighted by Gasteiger charge is -2.32. The summed E-state index contributed by atoms with van der Waals surface area (Å²) in [6.07, 6.45) is 0.490. The van der Waals surface area contributed by atoms with E-state index in [0.29, 0.717) is 25.1 Å². The molecule has 27 heavy (non-hydrogen) atoms. The molecule has 3 heterocycles. The van der Waals surface area contributed by atoms with Crippen LogP contribution in [-0.2, 0) is 28.9 Å². The lowest BCUT2D eigenvalue weighted by Crippen LogP contribution is -2.46. The molecule has 1 amide bonds. The van der Waals surface area contributed by atoms with Crippen molar-refractivity contribution in [3.63, 3.8) is 0 Å². The number of hydrogen-bond donors (Lipinski definition) is 1. The molecule has 0 spiro atoms. The Morgan fingerprint density at radius 2 is 2.07 bits per heavy atom. The summed E-state index contributed by atoms with van der Waals surface area (Å²) in [5.41, 5.74) is 6.13. The summed E-state index contributed by atoms with van der Waals surface area (Å²) < 4.78 is 5.47. The molecule has 5 nitrogen and oxygen atoms in total. The van der Waals surface area contributed by atoms with E-state index in [-0.39, 0.29) is 5.91 Å². The van der Waals surface area contributed by atoms with Gasteiger partial charge in [0.2, 0.25) is 0 Å². The van der Waals surface area contributed by atoms with Gasteiger partial charge in [-0.3, -0.25) is 4.79 Å². The summed E-state index contributed by atoms with van der Waals surface area (Å²) in [6.45, 7) is 3.25. The number of cyclic esters (lactones) is 1. The van der Waals surface area contributed by atoms with Gasteiger partial charge in [0.1, 0.15) is 0 Å². The molecule has 0 bridgehead atoms. The number of aromatic amines is 1. The molecule has 0 fully saturated rings. The van der Waals surface area contributed by atoms with E-state index in [0.717, 1.165) is 17.5 Å². The van der Waals surface area contributed by atoms with E-state index >= 15 is 0 Å². The molecule has 1 N–H and O–H groups in total. The Morgan fingerprint density at radius 1 is 1.22 bits per heavy atom. The number of H-pyrrole nitrogens is 1. The maximum absolute atomic E-state index is 13.1. The van der Waals surface area contributed by atoms with Crippen LogP contribution in [0.2, 0.25) is 0 Å². The molecular formula is C22H20N2O3. The van der Waals surface area contributed by atoms with Crippen molar-refractivity contribution in [1.82, 2.24) is 9.88 Å². The highest BCUT2D eigenvalue weighted by molar-refractivity contribution is 5.96. The number of aromatic nitrogens is 1. The Morgan fingerprint density at radius 3 is 2.96 bits per heavy atom. The van der Waals surface area contributed by atoms with Crippen LogP contribution in [-0.4, -0.2) is 34.4 Å². The van der Waals surface area contributed by atoms with Gasteiger partial charge in [-0.25, -0.2) is 4.79 Å². The van der Waals surface area contributed by atoms with E-state index in [2.05, 4.69) is 30.1 Å². The number of carbonyl (C=O) groups excluding carboxylic acids is 2. The lowest BCUT2D eigenvalue weighted by molar-refractivity contribution is -0.142. The van der Waals surface area contributed by atoms with E-state index in [1.165, 1.54) is 22.2 Å². The van der Waals surface area contributed by atoms with E-state index in [4.69, 9.17) is 4.74 Å². The van der Waals surface area contributed by atoms with Crippen LogP contribution in [0.1, 0.15) is 32.7 Å². The minimum absolute atomic E-state index is 0.106. The van der Waals surface area contributed by atoms with Gasteiger partial charge < -0.3 is 14.6 Å². The highest BCUT2D eigenvalue weighted by Gasteiger charge is 2.35. The van der Waals surface area contributed by atoms with Crippen molar-refractivity contribution in [1.29, 1.82) is 0 Å². The lowest BCUT2D eigenvalue weighted by atomic mass is 9.97. The van der Waals surface area contributed by atoms with Crippen molar-refractivity contribution >= 4 is 22.8 Å². The smallest absolute Gasteiger partial charge is 0.339 e. The second kappa shape index (κ2) is 5.98. The first-order valence-electron chi connectivity index (χ1n) is 9.28. The van der Waals surface area contributed by atoms with Gasteiger partial charge in [0.15, 0.2) is 6.10 Å². The highest BCUT2D eigenvalue weighted by Crippen LogP contribution is 2.30. The van der Waals surface area contributed by atoms with Crippen molar-refractivity contribution in [2.24, 2.45) is 0 Å². The number of fused-ring (bicyclic) bond motifs is 4. The number of nitrogens with one attached hydrogen (secondary N) is 1. The van der Waals surface area contributed by atoms with Crippen LogP contribution in [0.15, 0.2) is 42.5 Å². The summed E-state index contributed by atoms with van der Waals surface area (Å²) in [4.78, 5) is 30.6. The van der Waals surface area contributed by atoms with Gasteiger partial charge >= 0.3 is 5.97 Å². The molecule has 0 saturated carbocycles. The third kappa shape index (κ3) is 2.62. The molecule has 0 saturated heterocycles. The van der Waals surface area contributed by atoms with Gasteiger partial charge in [0, 0.05) is 48.1 Å². The monoisotopic (exact) mass is 360 g/mol. The summed E-state index contributed by atoms with van der Waals surface area (Å²) >= 11 is 0. The molecule has 1 atom stereocenters. The molecule has 3 aromatic rings. The second-order valence-electron chi connectivity index (χ2n) is 7.40. The number of rotatable bonds is 1. The predicted molar refractivity (Wildman–Crippen MR) is 102 cm³/mol. The van der Waals surface area contributed by atoms with Crippen LogP contribution >= 0.6 is 0 Å². The predicted octanol–water partition coefficient (Wildman–Crippen LogP) is 3.14. The Labute approximate surface area is 156 Å². The summed E-state index contributed by atoms with van der Waals surface area (Å²) in [5.74, 6) is -0.513. The Kier molecular flexibility index (Phi) is 3.57. The van der Waals surface area contributed by atoms with Crippen molar-refractivity contribution in [3.8, 4) is 0 Å². The highest BCUT2D eigenvalue weighted by atomic mass is 16.5. The number of esters is 1. The van der Waals surface area contributed by atoms with Gasteiger partial charge in [-0.15, -0.1) is 0 Å². The molecule has 2 aliphatic rings. The molecule has 2 aromatic carbocycles. The number of hydrogen-bond acceptors (Lipinski definition) is 3. The summed E-state index contributed by atoms with van der Waals surface area (Å²) in [7, 11) is 0. The Bertz CT molecular complexity index is 1080. The van der Waals surface area contributed by atoms with Gasteiger partial charge in [0.05, 0.1) is 5.56 Å². The van der Waals surface area contributed by atoms with Crippen LogP contribution in [0.25, 0.3) is 10.9 Å². The summed E-state index contributed by atoms with van der Waals surface area (Å²) in [6, 6.07) is 13.7. The fourth-order valence-corrected chi connectivity index (χ4v) is 4.19. The normalized spacial score (nSPS) is 18.8. The third-order valence-electron chi connectivity index (χ3n) is 5.61. The molecule has 1 unspecified atom stereocenters. The minimum Gasteiger partial charge on any atom is -0.448 e. The maximum Gasteiger partial charge on any atom is 0.339 e. The fourth-order valence-electron chi connectivity index (χ4n) is 4.19. The first-order chi connectivity index (χ1) is 13.1. The van der Waals surface area contributed by atoms with Crippen LogP contribution < -0.4 is 0 Å². The minimum atomic E-state index is -0.735. The van der Waals surface area contributed by atoms with Crippen LogP contribution in [0.3, 0.4) is 0 Å². The van der Waals surface area contributed by atoms with E-state index < -0.39 is 12.1 Å². The number of aryl methyl sites for hydroxylation is 1. The Hall–Kier alpha value is -3.08. The molecule has 0 aliphatic carbocycles. The van der Waals surface area contributed by atoms with Crippen LogP contribution in [0, 0.1) is 6.92 Å². The van der Waals surface area contributed by atoms with E-state index in [1.54, 1.807) is 6.07 Å². The van der Waals surface area contributed by atoms with Crippen molar-refractivity contribution in [2.75, 3.05) is 6.54 Å². The van der Waals surface area contributed by atoms with Gasteiger partial charge in [-0.05, 0) is 30.7 Å². The second-order valence-corrected chi connectivity index (χ2v) is 7.40. The standard InChI is InChI=1S/C22H20N2O3/c1-13-6-7-18-16(10-13)17-12-24(9-8-19(17)23-18)21(25)20-11-14-4-2-3-5-15(14)22(26)27-20/h2-7,10,20,23H,8-9,11-12H2,1H3. The SMILES string of the molecule is Cc1ccc2[nH]c3c(c2c1)CN(C(=O)C1Cc2ccccc2C(=O)O1)CC3. The van der Waals surface area contributed by atoms with Crippen molar-refractivity contribution in [2.45, 2.75) is 32.4 Å². The largest absolute Gasteiger partial charge is 0.448 e. The summed E-state index contributed by atoms with van der Waals surface area (Å²) in [5, 5.41) is 1.17. The number of benzene rings is 2. The van der Waals surface area contributed by atoms with Crippen molar-refractivity contribution < 1.29 is 14.3 Å². The van der Waals surface area contributed by atoms with Crippen LogP contribution in [0.5, 0.6) is 0 Å². The first kappa shape index (κ1) is 16.1. The quantitative estimate of drug-likeness (QED) is 0.678. The van der Waals surface area contributed by atoms with E-state index in [9.17, 15) is 9.59 Å². The zero-order chi connectivity index (χ0) is 18.5. The average Bonchev–Trinajstić information content (AvgIpc) is 3.04. The number of amides is 1. The topological polar surface area (TPSA) is 62.4 Å². The average molecular weight is 360 g/mol. The van der Waals surface area contributed by atoms with Gasteiger partial charge in [0.25, 0.3) is 5.91 Å². The zero-order valence-corrected chi connectivity index (χ0v) is 15.1. The molecule has 5 rings (SSSR count). The maximum atomic E-state index is 13.1. The molecule has 136 valence electrons.